The van der Waals surface area contributed by atoms with E-state index in [1.807, 2.05) is 13.0 Å². The zero-order chi connectivity index (χ0) is 18.7. The molecule has 1 unspecified atom stereocenters. The van der Waals surface area contributed by atoms with E-state index in [2.05, 4.69) is 15.4 Å². The van der Waals surface area contributed by atoms with E-state index in [-0.39, 0.29) is 10.8 Å². The van der Waals surface area contributed by atoms with Crippen molar-refractivity contribution in [2.75, 3.05) is 11.6 Å². The second-order valence-electron chi connectivity index (χ2n) is 7.04. The summed E-state index contributed by atoms with van der Waals surface area (Å²) >= 11 is 0. The van der Waals surface area contributed by atoms with Crippen LogP contribution in [0.25, 0.3) is 0 Å². The van der Waals surface area contributed by atoms with Crippen molar-refractivity contribution < 1.29 is 13.2 Å². The molecule has 2 aromatic heterocycles. The number of aryl methyl sites for hydroxylation is 1. The fraction of sp³-hybridized carbons (Fsp3) is 0.500. The quantitative estimate of drug-likeness (QED) is 0.836. The van der Waals surface area contributed by atoms with Crippen molar-refractivity contribution in [3.63, 3.8) is 0 Å². The van der Waals surface area contributed by atoms with Crippen LogP contribution in [0.5, 0.6) is 0 Å². The number of nitrogens with zero attached hydrogens (tertiary/aromatic N) is 3. The summed E-state index contributed by atoms with van der Waals surface area (Å²) in [6, 6.07) is 3.08. The van der Waals surface area contributed by atoms with E-state index >= 15 is 0 Å². The molecule has 1 aliphatic rings. The number of nitrogens with one attached hydrogen (secondary N) is 1. The molecule has 1 fully saturated rings. The van der Waals surface area contributed by atoms with Crippen LogP contribution in [0.4, 0.5) is 5.82 Å². The summed E-state index contributed by atoms with van der Waals surface area (Å²) < 4.78 is 25.0. The van der Waals surface area contributed by atoms with E-state index in [1.165, 1.54) is 29.9 Å². The lowest BCUT2D eigenvalue weighted by molar-refractivity contribution is -0.120. The van der Waals surface area contributed by atoms with Crippen molar-refractivity contribution in [2.45, 2.75) is 50.0 Å². The summed E-state index contributed by atoms with van der Waals surface area (Å²) in [6.07, 6.45) is 10.7. The van der Waals surface area contributed by atoms with Crippen LogP contribution in [-0.4, -0.2) is 35.3 Å². The lowest BCUT2D eigenvalue weighted by Gasteiger charge is -2.20. The molecule has 0 aliphatic heterocycles. The summed E-state index contributed by atoms with van der Waals surface area (Å²) in [6.45, 7) is 1.93. The van der Waals surface area contributed by atoms with E-state index in [4.69, 9.17) is 0 Å². The van der Waals surface area contributed by atoms with E-state index < -0.39 is 15.9 Å². The zero-order valence-corrected chi connectivity index (χ0v) is 15.9. The SMILES string of the molecule is Cc1ccc(NC(=O)C(CC2CCCC2)n2cc(S(C)(=O)=O)cn2)nc1. The Labute approximate surface area is 153 Å². The summed E-state index contributed by atoms with van der Waals surface area (Å²) in [5.74, 6) is 0.700. The molecular formula is C18H24N4O3S. The van der Waals surface area contributed by atoms with Crippen LogP contribution in [0.3, 0.4) is 0 Å². The Bertz CT molecular complexity index is 868. The lowest BCUT2D eigenvalue weighted by atomic mass is 9.98. The molecule has 0 bridgehead atoms. The maximum atomic E-state index is 12.9. The van der Waals surface area contributed by atoms with E-state index in [0.29, 0.717) is 18.2 Å². The number of pyridine rings is 1. The zero-order valence-electron chi connectivity index (χ0n) is 15.1. The highest BCUT2D eigenvalue weighted by Crippen LogP contribution is 2.32. The van der Waals surface area contributed by atoms with Gasteiger partial charge in [0.25, 0.3) is 0 Å². The van der Waals surface area contributed by atoms with Gasteiger partial charge < -0.3 is 5.32 Å². The molecule has 0 saturated heterocycles. The molecule has 7 nitrogen and oxygen atoms in total. The molecule has 2 heterocycles. The van der Waals surface area contributed by atoms with Crippen molar-refractivity contribution in [3.8, 4) is 0 Å². The van der Waals surface area contributed by atoms with Crippen molar-refractivity contribution >= 4 is 21.6 Å². The fourth-order valence-corrected chi connectivity index (χ4v) is 3.87. The van der Waals surface area contributed by atoms with Gasteiger partial charge in [0.1, 0.15) is 16.8 Å². The molecule has 1 N–H and O–H groups in total. The Morgan fingerprint density at radius 3 is 2.62 bits per heavy atom. The molecule has 1 amide bonds. The first-order chi connectivity index (χ1) is 12.3. The molecule has 1 aliphatic carbocycles. The van der Waals surface area contributed by atoms with Crippen molar-refractivity contribution in [2.24, 2.45) is 5.92 Å². The Balaban J connectivity index is 1.83. The molecule has 0 radical (unpaired) electrons. The lowest BCUT2D eigenvalue weighted by Crippen LogP contribution is -2.28. The van der Waals surface area contributed by atoms with Gasteiger partial charge in [-0.1, -0.05) is 31.7 Å². The molecule has 3 rings (SSSR count). The van der Waals surface area contributed by atoms with Crippen molar-refractivity contribution in [3.05, 3.63) is 36.3 Å². The van der Waals surface area contributed by atoms with Gasteiger partial charge in [-0.05, 0) is 30.9 Å². The number of anilines is 1. The Hall–Kier alpha value is -2.22. The van der Waals surface area contributed by atoms with Crippen LogP contribution in [0.15, 0.2) is 35.6 Å². The molecule has 1 saturated carbocycles. The summed E-state index contributed by atoms with van der Waals surface area (Å²) in [5, 5.41) is 6.99. The van der Waals surface area contributed by atoms with Gasteiger partial charge in [-0.3, -0.25) is 9.48 Å². The van der Waals surface area contributed by atoms with Gasteiger partial charge in [0.05, 0.1) is 6.20 Å². The van der Waals surface area contributed by atoms with Crippen molar-refractivity contribution in [1.29, 1.82) is 0 Å². The average molecular weight is 376 g/mol. The number of carbonyl (C=O) groups excluding carboxylic acids is 1. The van der Waals surface area contributed by atoms with Gasteiger partial charge in [-0.15, -0.1) is 0 Å². The molecule has 2 aromatic rings. The van der Waals surface area contributed by atoms with Crippen LogP contribution in [0.2, 0.25) is 0 Å². The van der Waals surface area contributed by atoms with Gasteiger partial charge >= 0.3 is 0 Å². The predicted molar refractivity (Wildman–Crippen MR) is 98.6 cm³/mol. The third-order valence-electron chi connectivity index (χ3n) is 4.82. The fourth-order valence-electron chi connectivity index (χ4n) is 3.33. The first-order valence-corrected chi connectivity index (χ1v) is 10.7. The minimum atomic E-state index is -3.36. The maximum Gasteiger partial charge on any atom is 0.250 e. The largest absolute Gasteiger partial charge is 0.309 e. The third-order valence-corrected chi connectivity index (χ3v) is 5.89. The predicted octanol–water partition coefficient (Wildman–Crippen LogP) is 2.75. The molecule has 26 heavy (non-hydrogen) atoms. The van der Waals surface area contributed by atoms with Gasteiger partial charge in [0.2, 0.25) is 5.91 Å². The average Bonchev–Trinajstić information content (AvgIpc) is 3.25. The van der Waals surface area contributed by atoms with Crippen LogP contribution in [-0.2, 0) is 14.6 Å². The number of hydrogen-bond donors (Lipinski definition) is 1. The smallest absolute Gasteiger partial charge is 0.250 e. The minimum Gasteiger partial charge on any atom is -0.309 e. The summed E-state index contributed by atoms with van der Waals surface area (Å²) in [4.78, 5) is 17.2. The van der Waals surface area contributed by atoms with E-state index in [1.54, 1.807) is 12.3 Å². The summed E-state index contributed by atoms with van der Waals surface area (Å²) in [7, 11) is -3.36. The highest BCUT2D eigenvalue weighted by atomic mass is 32.2. The third kappa shape index (κ3) is 4.49. The van der Waals surface area contributed by atoms with Gasteiger partial charge in [-0.2, -0.15) is 5.10 Å². The van der Waals surface area contributed by atoms with E-state index in [0.717, 1.165) is 24.7 Å². The highest BCUT2D eigenvalue weighted by molar-refractivity contribution is 7.90. The highest BCUT2D eigenvalue weighted by Gasteiger charge is 2.28. The Kier molecular flexibility index (Phi) is 5.41. The Morgan fingerprint density at radius 2 is 2.04 bits per heavy atom. The second kappa shape index (κ2) is 7.57. The number of carbonyl (C=O) groups is 1. The number of hydrogen-bond acceptors (Lipinski definition) is 5. The van der Waals surface area contributed by atoms with E-state index in [9.17, 15) is 13.2 Å². The normalized spacial score (nSPS) is 16.5. The van der Waals surface area contributed by atoms with Crippen LogP contribution in [0, 0.1) is 12.8 Å². The Morgan fingerprint density at radius 1 is 1.31 bits per heavy atom. The first-order valence-electron chi connectivity index (χ1n) is 8.80. The second-order valence-corrected chi connectivity index (χ2v) is 9.06. The minimum absolute atomic E-state index is 0.121. The monoisotopic (exact) mass is 376 g/mol. The topological polar surface area (TPSA) is 94.0 Å². The number of sulfone groups is 1. The van der Waals surface area contributed by atoms with Crippen molar-refractivity contribution in [1.82, 2.24) is 14.8 Å². The van der Waals surface area contributed by atoms with Gasteiger partial charge in [0.15, 0.2) is 9.84 Å². The van der Waals surface area contributed by atoms with Gasteiger partial charge in [-0.25, -0.2) is 13.4 Å². The summed E-state index contributed by atoms with van der Waals surface area (Å²) in [5.41, 5.74) is 1.01. The molecule has 0 spiro atoms. The number of amides is 1. The molecule has 0 aromatic carbocycles. The molecule has 1 atom stereocenters. The van der Waals surface area contributed by atoms with Crippen LogP contribution >= 0.6 is 0 Å². The van der Waals surface area contributed by atoms with Crippen LogP contribution < -0.4 is 5.32 Å². The number of rotatable bonds is 6. The number of aromatic nitrogens is 3. The molecule has 140 valence electrons. The maximum absolute atomic E-state index is 12.9. The van der Waals surface area contributed by atoms with Gasteiger partial charge in [0, 0.05) is 18.6 Å². The van der Waals surface area contributed by atoms with Crippen LogP contribution in [0.1, 0.15) is 43.7 Å². The standard InChI is InChI=1S/C18H24N4O3S/c1-13-7-8-17(19-10-13)21-18(23)16(9-14-5-3-4-6-14)22-12-15(11-20-22)26(2,24)25/h7-8,10-12,14,16H,3-6,9H2,1-2H3,(H,19,21,23). The molecule has 8 heteroatoms. The molecular weight excluding hydrogens is 352 g/mol. The first kappa shape index (κ1) is 18.6.